The fraction of sp³-hybridized carbons (Fsp3) is 0.208. The Kier molecular flexibility index (Phi) is 7.61. The highest BCUT2D eigenvalue weighted by Gasteiger charge is 2.32. The van der Waals surface area contributed by atoms with Crippen LogP contribution in [0.2, 0.25) is 0 Å². The number of halogens is 1. The number of hydrogen-bond donors (Lipinski definition) is 0. The lowest BCUT2D eigenvalue weighted by Gasteiger charge is -2.29. The molecule has 0 saturated carbocycles. The summed E-state index contributed by atoms with van der Waals surface area (Å²) in [6.45, 7) is 7.00. The van der Waals surface area contributed by atoms with Crippen LogP contribution in [0.5, 0.6) is 0 Å². The minimum Gasteiger partial charge on any atom is -0.289 e. The van der Waals surface area contributed by atoms with Gasteiger partial charge in [-0.2, -0.15) is 9.57 Å². The molecule has 0 spiro atoms. The van der Waals surface area contributed by atoms with E-state index in [9.17, 15) is 13.2 Å². The van der Waals surface area contributed by atoms with E-state index < -0.39 is 10.0 Å². The van der Waals surface area contributed by atoms with Crippen molar-refractivity contribution in [2.24, 2.45) is 0 Å². The van der Waals surface area contributed by atoms with Gasteiger partial charge in [-0.15, -0.1) is 11.6 Å². The minimum absolute atomic E-state index is 0.0290. The zero-order chi connectivity index (χ0) is 23.1. The van der Waals surface area contributed by atoms with Gasteiger partial charge in [0.2, 0.25) is 10.0 Å². The van der Waals surface area contributed by atoms with E-state index in [2.05, 4.69) is 4.85 Å². The van der Waals surface area contributed by atoms with E-state index >= 15 is 0 Å². The first-order chi connectivity index (χ1) is 15.4. The van der Waals surface area contributed by atoms with Crippen molar-refractivity contribution < 1.29 is 13.2 Å². The minimum atomic E-state index is -3.61. The summed E-state index contributed by atoms with van der Waals surface area (Å²) >= 11 is 5.69. The molecular formula is C24H20ClN3O3S. The molecule has 1 aliphatic heterocycles. The van der Waals surface area contributed by atoms with Crippen molar-refractivity contribution in [3.63, 3.8) is 0 Å². The molecule has 1 heterocycles. The second-order valence-corrected chi connectivity index (χ2v) is 9.70. The Hall–Kier alpha value is -3.23. The van der Waals surface area contributed by atoms with Crippen LogP contribution in [0, 0.1) is 17.9 Å². The summed E-state index contributed by atoms with van der Waals surface area (Å²) in [5.41, 5.74) is 3.08. The molecule has 32 heavy (non-hydrogen) atoms. The lowest BCUT2D eigenvalue weighted by Crippen LogP contribution is -2.42. The molecule has 0 aliphatic carbocycles. The number of carbonyl (C=O) groups excluding carboxylic acids is 1. The fourth-order valence-electron chi connectivity index (χ4n) is 3.27. The van der Waals surface area contributed by atoms with E-state index in [0.717, 1.165) is 0 Å². The summed E-state index contributed by atoms with van der Waals surface area (Å²) in [5, 5.41) is 8.97. The van der Waals surface area contributed by atoms with Crippen molar-refractivity contribution in [2.45, 2.75) is 6.42 Å². The number of carbonyl (C=O) groups is 1. The highest BCUT2D eigenvalue weighted by molar-refractivity contribution is 7.89. The molecule has 2 aromatic carbocycles. The van der Waals surface area contributed by atoms with Crippen LogP contribution in [0.3, 0.4) is 0 Å². The van der Waals surface area contributed by atoms with Crippen molar-refractivity contribution in [1.29, 1.82) is 5.26 Å². The van der Waals surface area contributed by atoms with Gasteiger partial charge < -0.3 is 0 Å². The number of nitriles is 1. The van der Waals surface area contributed by atoms with Crippen molar-refractivity contribution in [1.82, 2.24) is 4.31 Å². The molecule has 0 radical (unpaired) electrons. The molecule has 3 rings (SSSR count). The van der Waals surface area contributed by atoms with Crippen LogP contribution in [-0.4, -0.2) is 43.2 Å². The highest BCUT2D eigenvalue weighted by atomic mass is 35.5. The van der Waals surface area contributed by atoms with E-state index in [4.69, 9.17) is 23.4 Å². The first-order valence-electron chi connectivity index (χ1n) is 9.83. The van der Waals surface area contributed by atoms with Crippen LogP contribution >= 0.6 is 11.6 Å². The standard InChI is InChI=1S/C24H20ClN3O3S/c1-27-23-9-7-19(8-10-23)14-22-17-28(32(30,31)12-2-11-25)16-21(24(22)29)13-18-3-5-20(15-26)6-4-18/h3-10,13-14H,2,11-12,16-17H2/b21-13+,22-14+. The molecule has 6 nitrogen and oxygen atoms in total. The van der Waals surface area contributed by atoms with Crippen LogP contribution in [-0.2, 0) is 14.8 Å². The summed E-state index contributed by atoms with van der Waals surface area (Å²) in [4.78, 5) is 16.5. The molecule has 0 aromatic heterocycles. The van der Waals surface area contributed by atoms with E-state index in [1.807, 2.05) is 6.07 Å². The molecule has 1 fully saturated rings. The average molecular weight is 466 g/mol. The third-order valence-electron chi connectivity index (χ3n) is 4.95. The summed E-state index contributed by atoms with van der Waals surface area (Å²) in [5.74, 6) is -0.0925. The molecule has 8 heteroatoms. The average Bonchev–Trinajstić information content (AvgIpc) is 2.81. The lowest BCUT2D eigenvalue weighted by atomic mass is 9.95. The smallest absolute Gasteiger partial charge is 0.214 e. The molecular weight excluding hydrogens is 446 g/mol. The zero-order valence-electron chi connectivity index (χ0n) is 17.2. The highest BCUT2D eigenvalue weighted by Crippen LogP contribution is 2.25. The normalized spacial score (nSPS) is 17.3. The fourth-order valence-corrected chi connectivity index (χ4v) is 5.00. The Morgan fingerprint density at radius 2 is 1.56 bits per heavy atom. The summed E-state index contributed by atoms with van der Waals surface area (Å²) in [6.07, 6.45) is 3.63. The Morgan fingerprint density at radius 3 is 2.03 bits per heavy atom. The molecule has 1 saturated heterocycles. The maximum atomic E-state index is 13.2. The number of hydrogen-bond acceptors (Lipinski definition) is 4. The van der Waals surface area contributed by atoms with E-state index in [1.165, 1.54) is 4.31 Å². The predicted molar refractivity (Wildman–Crippen MR) is 126 cm³/mol. The number of benzene rings is 2. The van der Waals surface area contributed by atoms with Crippen LogP contribution in [0.25, 0.3) is 17.0 Å². The van der Waals surface area contributed by atoms with Gasteiger partial charge >= 0.3 is 0 Å². The van der Waals surface area contributed by atoms with Gasteiger partial charge in [0.25, 0.3) is 0 Å². The number of ketones is 1. The number of sulfonamides is 1. The van der Waals surface area contributed by atoms with Gasteiger partial charge in [0.05, 0.1) is 24.0 Å². The Balaban J connectivity index is 2.00. The van der Waals surface area contributed by atoms with Crippen molar-refractivity contribution in [3.05, 3.63) is 87.8 Å². The van der Waals surface area contributed by atoms with E-state index in [0.29, 0.717) is 39.9 Å². The largest absolute Gasteiger partial charge is 0.289 e. The van der Waals surface area contributed by atoms with E-state index in [-0.39, 0.29) is 30.5 Å². The van der Waals surface area contributed by atoms with Crippen LogP contribution in [0.4, 0.5) is 5.69 Å². The topological polar surface area (TPSA) is 82.6 Å². The van der Waals surface area contributed by atoms with Gasteiger partial charge in [0.1, 0.15) is 0 Å². The molecule has 2 aromatic rings. The number of rotatable bonds is 6. The number of nitrogens with zero attached hydrogens (tertiary/aromatic N) is 3. The van der Waals surface area contributed by atoms with E-state index in [1.54, 1.807) is 60.7 Å². The molecule has 0 amide bonds. The van der Waals surface area contributed by atoms with Gasteiger partial charge in [-0.1, -0.05) is 36.4 Å². The molecule has 1 aliphatic rings. The Morgan fingerprint density at radius 1 is 1.03 bits per heavy atom. The quantitative estimate of drug-likeness (QED) is 0.359. The molecule has 162 valence electrons. The third-order valence-corrected chi connectivity index (χ3v) is 7.07. The third kappa shape index (κ3) is 5.72. The van der Waals surface area contributed by atoms with Gasteiger partial charge in [-0.25, -0.2) is 13.3 Å². The lowest BCUT2D eigenvalue weighted by molar-refractivity contribution is -0.113. The first kappa shape index (κ1) is 23.4. The van der Waals surface area contributed by atoms with Gasteiger partial charge in [0, 0.05) is 30.1 Å². The van der Waals surface area contributed by atoms with Gasteiger partial charge in [-0.05, 0) is 41.8 Å². The Labute approximate surface area is 192 Å². The van der Waals surface area contributed by atoms with Crippen molar-refractivity contribution >= 4 is 45.2 Å². The van der Waals surface area contributed by atoms with Crippen molar-refractivity contribution in [3.8, 4) is 6.07 Å². The monoisotopic (exact) mass is 465 g/mol. The molecule has 0 bridgehead atoms. The number of piperidine rings is 1. The SMILES string of the molecule is [C-]#[N+]c1ccc(/C=C2\CN(S(=O)(=O)CCCCl)C/C(=C\c3ccc(C#N)cc3)C2=O)cc1. The predicted octanol–water partition coefficient (Wildman–Crippen LogP) is 4.42. The zero-order valence-corrected chi connectivity index (χ0v) is 18.7. The Bertz CT molecular complexity index is 1170. The van der Waals surface area contributed by atoms with Crippen LogP contribution in [0.15, 0.2) is 59.7 Å². The number of alkyl halides is 1. The number of Topliss-reactive ketones (excluding diaryl/α,β-unsaturated/α-hetero) is 1. The summed E-state index contributed by atoms with van der Waals surface area (Å²) in [6, 6.07) is 15.5. The second kappa shape index (κ2) is 10.4. The van der Waals surface area contributed by atoms with Gasteiger partial charge in [0.15, 0.2) is 11.5 Å². The first-order valence-corrected chi connectivity index (χ1v) is 12.0. The maximum absolute atomic E-state index is 13.2. The summed E-state index contributed by atoms with van der Waals surface area (Å²) < 4.78 is 27.0. The molecule has 0 N–H and O–H groups in total. The molecule has 0 atom stereocenters. The van der Waals surface area contributed by atoms with Crippen LogP contribution < -0.4 is 0 Å². The second-order valence-electron chi connectivity index (χ2n) is 7.23. The summed E-state index contributed by atoms with van der Waals surface area (Å²) in [7, 11) is -3.61. The van der Waals surface area contributed by atoms with Crippen molar-refractivity contribution in [2.75, 3.05) is 24.7 Å². The maximum Gasteiger partial charge on any atom is 0.214 e. The molecule has 0 unspecified atom stereocenters. The van der Waals surface area contributed by atoms with Crippen LogP contribution in [0.1, 0.15) is 23.1 Å². The van der Waals surface area contributed by atoms with Gasteiger partial charge in [-0.3, -0.25) is 4.79 Å².